The van der Waals surface area contributed by atoms with Gasteiger partial charge in [0.2, 0.25) is 10.0 Å². The molecule has 2 atom stereocenters. The van der Waals surface area contributed by atoms with Crippen LogP contribution in [-0.2, 0) is 17.1 Å². The number of hydrogen-bond acceptors (Lipinski definition) is 6. The van der Waals surface area contributed by atoms with E-state index in [1.807, 2.05) is 6.07 Å². The largest absolute Gasteiger partial charge is 0.488 e. The van der Waals surface area contributed by atoms with E-state index < -0.39 is 33.7 Å². The zero-order chi connectivity index (χ0) is 24.6. The van der Waals surface area contributed by atoms with Crippen LogP contribution in [0.15, 0.2) is 29.3 Å². The van der Waals surface area contributed by atoms with Crippen molar-refractivity contribution in [2.24, 2.45) is 7.05 Å². The Labute approximate surface area is 191 Å². The molecule has 33 heavy (non-hydrogen) atoms. The molecule has 0 bridgehead atoms. The number of anilines is 1. The predicted molar refractivity (Wildman–Crippen MR) is 118 cm³/mol. The van der Waals surface area contributed by atoms with E-state index in [4.69, 9.17) is 4.74 Å². The van der Waals surface area contributed by atoms with Crippen molar-refractivity contribution >= 4 is 21.6 Å². The Morgan fingerprint density at radius 2 is 2.15 bits per heavy atom. The summed E-state index contributed by atoms with van der Waals surface area (Å²) < 4.78 is 48.6. The van der Waals surface area contributed by atoms with E-state index >= 15 is 0 Å². The molecule has 0 saturated heterocycles. The number of aryl methyl sites for hydroxylation is 2. The number of nitrogens with zero attached hydrogens (tertiary/aromatic N) is 2. The minimum Gasteiger partial charge on any atom is -0.488 e. The molecule has 0 saturated carbocycles. The van der Waals surface area contributed by atoms with E-state index in [1.165, 1.54) is 37.7 Å². The Balaban J connectivity index is 1.92. The molecule has 3 rings (SSSR count). The molecule has 1 amide bonds. The van der Waals surface area contributed by atoms with Crippen molar-refractivity contribution in [3.63, 3.8) is 0 Å². The second kappa shape index (κ2) is 8.87. The molecule has 0 radical (unpaired) electrons. The van der Waals surface area contributed by atoms with Gasteiger partial charge in [-0.25, -0.2) is 17.5 Å². The van der Waals surface area contributed by atoms with E-state index in [2.05, 4.69) is 21.9 Å². The molecule has 0 fully saturated rings. The van der Waals surface area contributed by atoms with Gasteiger partial charge in [0.15, 0.2) is 17.1 Å². The monoisotopic (exact) mass is 474 g/mol. The Hall–Kier alpha value is -3.38. The topological polar surface area (TPSA) is 133 Å². The smallest absolute Gasteiger partial charge is 0.276 e. The predicted octanol–water partition coefficient (Wildman–Crippen LogP) is 1.61. The lowest BCUT2D eigenvalue weighted by Gasteiger charge is -2.18. The van der Waals surface area contributed by atoms with Gasteiger partial charge in [-0.15, -0.1) is 0 Å². The number of fused-ring (bicyclic) bond motifs is 1. The molecular formula is C22H23FN4O5S. The minimum atomic E-state index is -4.19. The van der Waals surface area contributed by atoms with Gasteiger partial charge in [-0.3, -0.25) is 4.79 Å². The summed E-state index contributed by atoms with van der Waals surface area (Å²) in [5.74, 6) is 3.65. The molecule has 1 aromatic carbocycles. The summed E-state index contributed by atoms with van der Waals surface area (Å²) in [7, 11) is -2.71. The molecule has 1 aliphatic heterocycles. The third-order valence-electron chi connectivity index (χ3n) is 4.84. The lowest BCUT2D eigenvalue weighted by Crippen LogP contribution is -2.45. The minimum absolute atomic E-state index is 0.0689. The first-order chi connectivity index (χ1) is 15.3. The number of nitrogens with one attached hydrogen (secondary N) is 2. The van der Waals surface area contributed by atoms with Crippen molar-refractivity contribution in [2.75, 3.05) is 11.9 Å². The first-order valence-electron chi connectivity index (χ1n) is 9.88. The van der Waals surface area contributed by atoms with Gasteiger partial charge in [0.1, 0.15) is 17.6 Å². The zero-order valence-corrected chi connectivity index (χ0v) is 19.2. The lowest BCUT2D eigenvalue weighted by atomic mass is 10.1. The number of carbonyl (C=O) groups excluding carboxylic acids is 1. The van der Waals surface area contributed by atoms with Crippen LogP contribution < -0.4 is 14.8 Å². The summed E-state index contributed by atoms with van der Waals surface area (Å²) in [6, 6.07) is 5.65. The van der Waals surface area contributed by atoms with Gasteiger partial charge in [0.05, 0.1) is 17.7 Å². The maximum atomic E-state index is 13.6. The van der Waals surface area contributed by atoms with E-state index in [9.17, 15) is 28.0 Å². The van der Waals surface area contributed by atoms with Gasteiger partial charge >= 0.3 is 0 Å². The number of carbonyl (C=O) groups is 1. The summed E-state index contributed by atoms with van der Waals surface area (Å²) in [6.45, 7) is 3.82. The second-order valence-corrected chi connectivity index (χ2v) is 9.79. The van der Waals surface area contributed by atoms with Crippen LogP contribution in [0.25, 0.3) is 0 Å². The summed E-state index contributed by atoms with van der Waals surface area (Å²) in [4.78, 5) is 12.7. The van der Waals surface area contributed by atoms with Crippen molar-refractivity contribution in [1.29, 1.82) is 5.26 Å². The van der Waals surface area contributed by atoms with Crippen LogP contribution in [0.1, 0.15) is 35.5 Å². The number of aliphatic hydroxyl groups is 1. The van der Waals surface area contributed by atoms with Crippen molar-refractivity contribution in [2.45, 2.75) is 43.5 Å². The number of ether oxygens (including phenoxy) is 1. The molecule has 3 N–H and O–H groups in total. The molecule has 9 nitrogen and oxygen atoms in total. The van der Waals surface area contributed by atoms with Crippen LogP contribution in [0.4, 0.5) is 10.1 Å². The highest BCUT2D eigenvalue weighted by Crippen LogP contribution is 2.33. The van der Waals surface area contributed by atoms with Gasteiger partial charge in [-0.2, -0.15) is 5.26 Å². The van der Waals surface area contributed by atoms with Crippen LogP contribution in [0.3, 0.4) is 0 Å². The first kappa shape index (κ1) is 24.3. The number of sulfonamides is 1. The van der Waals surface area contributed by atoms with Crippen LogP contribution in [0.5, 0.6) is 5.75 Å². The average Bonchev–Trinajstić information content (AvgIpc) is 3.00. The van der Waals surface area contributed by atoms with Crippen LogP contribution in [0, 0.1) is 30.1 Å². The molecule has 0 spiro atoms. The maximum absolute atomic E-state index is 13.6. The van der Waals surface area contributed by atoms with E-state index in [1.54, 1.807) is 19.1 Å². The maximum Gasteiger partial charge on any atom is 0.276 e. The van der Waals surface area contributed by atoms with E-state index in [0.29, 0.717) is 11.3 Å². The number of nitriles is 1. The second-order valence-electron chi connectivity index (χ2n) is 8.10. The number of benzene rings is 1. The number of aliphatic hydroxyl groups excluding tert-OH is 1. The quantitative estimate of drug-likeness (QED) is 0.579. The molecule has 1 unspecified atom stereocenters. The fourth-order valence-corrected chi connectivity index (χ4v) is 4.57. The molecule has 1 aliphatic rings. The third kappa shape index (κ3) is 5.34. The highest BCUT2D eigenvalue weighted by molar-refractivity contribution is 7.89. The van der Waals surface area contributed by atoms with Gasteiger partial charge < -0.3 is 19.7 Å². The van der Waals surface area contributed by atoms with Gasteiger partial charge in [0.25, 0.3) is 5.91 Å². The lowest BCUT2D eigenvalue weighted by molar-refractivity contribution is 0.101. The van der Waals surface area contributed by atoms with Gasteiger partial charge in [-0.05, 0) is 38.5 Å². The van der Waals surface area contributed by atoms with Crippen LogP contribution in [-0.4, -0.2) is 48.4 Å². The molecule has 0 aliphatic carbocycles. The SMILES string of the molecule is Cc1ccc(NC(=O)c2c3c(cn2C)S(=O)(=O)N[C@@H](C(O)C#CC(C)(C)F)CO3)cc1C#N. The fourth-order valence-electron chi connectivity index (χ4n) is 3.15. The Bertz CT molecular complexity index is 1310. The molecule has 174 valence electrons. The van der Waals surface area contributed by atoms with E-state index in [-0.39, 0.29) is 22.9 Å². The molecular weight excluding hydrogens is 451 g/mol. The number of amides is 1. The fraction of sp³-hybridized carbons (Fsp3) is 0.364. The van der Waals surface area contributed by atoms with Crippen molar-refractivity contribution < 1.29 is 27.4 Å². The molecule has 11 heteroatoms. The standard InChI is InChI=1S/C22H23FN4O5S/c1-13-5-6-15(9-14(13)10-24)25-21(29)19-20-18(11-27(19)4)33(30,31)26-16(12-32-20)17(28)7-8-22(2,3)23/h5-6,9,11,16-17,26,28H,12H2,1-4H3,(H,25,29)/t16-,17?/m1/s1. The summed E-state index contributed by atoms with van der Waals surface area (Å²) in [5.41, 5.74) is -0.462. The number of alkyl halides is 1. The number of rotatable bonds is 3. The third-order valence-corrected chi connectivity index (χ3v) is 6.32. The van der Waals surface area contributed by atoms with E-state index in [0.717, 1.165) is 5.56 Å². The first-order valence-corrected chi connectivity index (χ1v) is 11.4. The zero-order valence-electron chi connectivity index (χ0n) is 18.4. The van der Waals surface area contributed by atoms with Crippen molar-refractivity contribution in [3.05, 3.63) is 41.2 Å². The number of halogens is 1. The molecule has 2 heterocycles. The highest BCUT2D eigenvalue weighted by Gasteiger charge is 2.36. The van der Waals surface area contributed by atoms with Crippen LogP contribution in [0.2, 0.25) is 0 Å². The van der Waals surface area contributed by atoms with Crippen LogP contribution >= 0.6 is 0 Å². The Morgan fingerprint density at radius 3 is 2.79 bits per heavy atom. The van der Waals surface area contributed by atoms with Crippen molar-refractivity contribution in [1.82, 2.24) is 9.29 Å². The summed E-state index contributed by atoms with van der Waals surface area (Å²) in [5, 5.41) is 22.1. The van der Waals surface area contributed by atoms with Gasteiger partial charge in [0, 0.05) is 18.9 Å². The van der Waals surface area contributed by atoms with Gasteiger partial charge in [-0.1, -0.05) is 17.9 Å². The summed E-state index contributed by atoms with van der Waals surface area (Å²) in [6.07, 6.45) is -0.324. The Kier molecular flexibility index (Phi) is 6.52. The molecule has 1 aromatic heterocycles. The Morgan fingerprint density at radius 1 is 1.45 bits per heavy atom. The normalized spacial score (nSPS) is 17.9. The summed E-state index contributed by atoms with van der Waals surface area (Å²) >= 11 is 0. The number of aromatic nitrogens is 1. The number of hydrogen-bond donors (Lipinski definition) is 3. The molecule has 2 aromatic rings. The van der Waals surface area contributed by atoms with Crippen molar-refractivity contribution in [3.8, 4) is 23.7 Å². The average molecular weight is 475 g/mol. The highest BCUT2D eigenvalue weighted by atomic mass is 32.2.